The average molecular weight is 247 g/mol. The number of benzene rings is 1. The van der Waals surface area contributed by atoms with Gasteiger partial charge in [0, 0.05) is 0 Å². The molecule has 1 aromatic carbocycles. The molecule has 96 valence electrons. The Morgan fingerprint density at radius 1 is 1.33 bits per heavy atom. The lowest BCUT2D eigenvalue weighted by Crippen LogP contribution is -2.14. The van der Waals surface area contributed by atoms with E-state index >= 15 is 0 Å². The Morgan fingerprint density at radius 2 is 2.06 bits per heavy atom. The van der Waals surface area contributed by atoms with E-state index in [0.29, 0.717) is 13.2 Å². The molecule has 0 aliphatic heterocycles. The predicted octanol–water partition coefficient (Wildman–Crippen LogP) is 2.66. The van der Waals surface area contributed by atoms with Crippen molar-refractivity contribution >= 4 is 17.8 Å². The number of carbonyl (C=O) groups is 1. The first kappa shape index (κ1) is 14.0. The van der Waals surface area contributed by atoms with Crippen molar-refractivity contribution in [3.63, 3.8) is 0 Å². The van der Waals surface area contributed by atoms with E-state index in [2.05, 4.69) is 5.16 Å². The zero-order valence-electron chi connectivity index (χ0n) is 10.6. The normalized spacial score (nSPS) is 11.6. The number of ether oxygens (including phenoxy) is 1. The topological polar surface area (TPSA) is 47.9 Å². The number of carbonyl (C=O) groups excluding carboxylic acids is 1. The molecule has 0 radical (unpaired) electrons. The van der Waals surface area contributed by atoms with E-state index in [9.17, 15) is 4.79 Å². The van der Waals surface area contributed by atoms with Crippen LogP contribution >= 0.6 is 0 Å². The molecule has 0 aliphatic rings. The third-order valence-corrected chi connectivity index (χ3v) is 2.05. The van der Waals surface area contributed by atoms with Crippen LogP contribution in [-0.2, 0) is 14.4 Å². The summed E-state index contributed by atoms with van der Waals surface area (Å²) in [4.78, 5) is 16.2. The van der Waals surface area contributed by atoms with Crippen molar-refractivity contribution in [1.82, 2.24) is 0 Å². The molecular formula is C14H17NO3. The lowest BCUT2D eigenvalue weighted by molar-refractivity contribution is -0.135. The van der Waals surface area contributed by atoms with Gasteiger partial charge in [0.15, 0.2) is 5.71 Å². The first-order valence-electron chi connectivity index (χ1n) is 5.79. The third kappa shape index (κ3) is 5.30. The van der Waals surface area contributed by atoms with Gasteiger partial charge in [-0.15, -0.1) is 0 Å². The molecule has 4 heteroatoms. The van der Waals surface area contributed by atoms with Gasteiger partial charge >= 0.3 is 5.97 Å². The zero-order chi connectivity index (χ0) is 13.2. The number of esters is 1. The Bertz CT molecular complexity index is 424. The Hall–Kier alpha value is -2.10. The maximum atomic E-state index is 11.2. The number of oxime groups is 1. The Morgan fingerprint density at radius 3 is 2.72 bits per heavy atom. The van der Waals surface area contributed by atoms with Crippen LogP contribution in [0.1, 0.15) is 19.4 Å². The molecule has 0 bridgehead atoms. The quantitative estimate of drug-likeness (QED) is 0.336. The summed E-state index contributed by atoms with van der Waals surface area (Å²) < 4.78 is 4.76. The molecule has 0 aliphatic carbocycles. The standard InChI is InChI=1S/C14H17NO3/c1-3-17-14(16)12(2)15-18-11-7-10-13-8-5-4-6-9-13/h4-10H,3,11H2,1-2H3/b10-7+,15-12?. The molecule has 0 spiro atoms. The van der Waals surface area contributed by atoms with Gasteiger partial charge in [-0.25, -0.2) is 4.79 Å². The fourth-order valence-corrected chi connectivity index (χ4v) is 1.20. The van der Waals surface area contributed by atoms with Crippen molar-refractivity contribution in [2.45, 2.75) is 13.8 Å². The van der Waals surface area contributed by atoms with Crippen molar-refractivity contribution < 1.29 is 14.4 Å². The van der Waals surface area contributed by atoms with Gasteiger partial charge in [0.1, 0.15) is 6.61 Å². The molecule has 4 nitrogen and oxygen atoms in total. The van der Waals surface area contributed by atoms with Gasteiger partial charge in [-0.2, -0.15) is 0 Å². The monoisotopic (exact) mass is 247 g/mol. The maximum absolute atomic E-state index is 11.2. The first-order valence-corrected chi connectivity index (χ1v) is 5.79. The Balaban J connectivity index is 2.32. The summed E-state index contributed by atoms with van der Waals surface area (Å²) in [6.45, 7) is 3.94. The fraction of sp³-hybridized carbons (Fsp3) is 0.286. The summed E-state index contributed by atoms with van der Waals surface area (Å²) in [5, 5.41) is 3.66. The number of hydrogen-bond acceptors (Lipinski definition) is 4. The summed E-state index contributed by atoms with van der Waals surface area (Å²) in [7, 11) is 0. The molecule has 0 fully saturated rings. The minimum atomic E-state index is -0.454. The minimum Gasteiger partial charge on any atom is -0.461 e. The van der Waals surface area contributed by atoms with Crippen LogP contribution in [0.25, 0.3) is 6.08 Å². The molecule has 0 heterocycles. The van der Waals surface area contributed by atoms with Crippen LogP contribution in [0.15, 0.2) is 41.6 Å². The molecule has 0 atom stereocenters. The third-order valence-electron chi connectivity index (χ3n) is 2.05. The number of hydrogen-bond donors (Lipinski definition) is 0. The van der Waals surface area contributed by atoms with Crippen molar-refractivity contribution in [2.24, 2.45) is 5.16 Å². The van der Waals surface area contributed by atoms with Gasteiger partial charge in [-0.3, -0.25) is 0 Å². The van der Waals surface area contributed by atoms with Crippen molar-refractivity contribution in [3.05, 3.63) is 42.0 Å². The Kier molecular flexibility index (Phi) is 6.25. The predicted molar refractivity (Wildman–Crippen MR) is 71.2 cm³/mol. The van der Waals surface area contributed by atoms with Crippen LogP contribution in [0.4, 0.5) is 0 Å². The largest absolute Gasteiger partial charge is 0.461 e. The summed E-state index contributed by atoms with van der Waals surface area (Å²) in [5.41, 5.74) is 1.30. The van der Waals surface area contributed by atoms with E-state index in [-0.39, 0.29) is 5.71 Å². The van der Waals surface area contributed by atoms with E-state index in [1.807, 2.05) is 42.5 Å². The molecule has 0 saturated carbocycles. The summed E-state index contributed by atoms with van der Waals surface area (Å²) in [5.74, 6) is -0.454. The van der Waals surface area contributed by atoms with E-state index in [1.165, 1.54) is 0 Å². The molecule has 1 rings (SSSR count). The van der Waals surface area contributed by atoms with Crippen LogP contribution < -0.4 is 0 Å². The lowest BCUT2D eigenvalue weighted by Gasteiger charge is -2.00. The van der Waals surface area contributed by atoms with E-state index in [1.54, 1.807) is 13.8 Å². The Labute approximate surface area is 107 Å². The highest BCUT2D eigenvalue weighted by Gasteiger charge is 2.05. The van der Waals surface area contributed by atoms with E-state index < -0.39 is 5.97 Å². The van der Waals surface area contributed by atoms with Crippen molar-refractivity contribution in [2.75, 3.05) is 13.2 Å². The van der Waals surface area contributed by atoms with Gasteiger partial charge < -0.3 is 9.57 Å². The van der Waals surface area contributed by atoms with Crippen LogP contribution in [0.2, 0.25) is 0 Å². The van der Waals surface area contributed by atoms with Crippen molar-refractivity contribution in [1.29, 1.82) is 0 Å². The maximum Gasteiger partial charge on any atom is 0.355 e. The van der Waals surface area contributed by atoms with Crippen LogP contribution in [0.5, 0.6) is 0 Å². The first-order chi connectivity index (χ1) is 8.74. The summed E-state index contributed by atoms with van der Waals surface area (Å²) in [6, 6.07) is 9.86. The molecule has 0 N–H and O–H groups in total. The lowest BCUT2D eigenvalue weighted by atomic mass is 10.2. The second kappa shape index (κ2) is 8.06. The second-order valence-corrected chi connectivity index (χ2v) is 3.51. The van der Waals surface area contributed by atoms with Gasteiger partial charge in [0.2, 0.25) is 0 Å². The summed E-state index contributed by atoms with van der Waals surface area (Å²) in [6.07, 6.45) is 3.76. The minimum absolute atomic E-state index is 0.213. The SMILES string of the molecule is CCOC(=O)C(C)=NOC/C=C/c1ccccc1. The van der Waals surface area contributed by atoms with Gasteiger partial charge in [-0.05, 0) is 25.5 Å². The summed E-state index contributed by atoms with van der Waals surface area (Å²) >= 11 is 0. The molecule has 0 amide bonds. The molecule has 0 unspecified atom stereocenters. The molecule has 18 heavy (non-hydrogen) atoms. The molecular weight excluding hydrogens is 230 g/mol. The van der Waals surface area contributed by atoms with Gasteiger partial charge in [0.25, 0.3) is 0 Å². The molecule has 0 aromatic heterocycles. The van der Waals surface area contributed by atoms with Crippen LogP contribution in [0.3, 0.4) is 0 Å². The zero-order valence-corrected chi connectivity index (χ0v) is 10.6. The average Bonchev–Trinajstić information content (AvgIpc) is 2.39. The molecule has 0 saturated heterocycles. The smallest absolute Gasteiger partial charge is 0.355 e. The fourth-order valence-electron chi connectivity index (χ4n) is 1.20. The van der Waals surface area contributed by atoms with Crippen LogP contribution in [-0.4, -0.2) is 24.9 Å². The van der Waals surface area contributed by atoms with Gasteiger partial charge in [-0.1, -0.05) is 41.6 Å². The van der Waals surface area contributed by atoms with E-state index in [0.717, 1.165) is 5.56 Å². The number of rotatable bonds is 6. The number of nitrogens with zero attached hydrogens (tertiary/aromatic N) is 1. The highest BCUT2D eigenvalue weighted by Crippen LogP contribution is 2.00. The van der Waals surface area contributed by atoms with Gasteiger partial charge in [0.05, 0.1) is 6.61 Å². The van der Waals surface area contributed by atoms with E-state index in [4.69, 9.17) is 9.57 Å². The highest BCUT2D eigenvalue weighted by molar-refractivity contribution is 6.35. The second-order valence-electron chi connectivity index (χ2n) is 3.51. The highest BCUT2D eigenvalue weighted by atomic mass is 16.6. The van der Waals surface area contributed by atoms with Crippen molar-refractivity contribution in [3.8, 4) is 0 Å². The van der Waals surface area contributed by atoms with Crippen LogP contribution in [0, 0.1) is 0 Å². The molecule has 1 aromatic rings.